The highest BCUT2D eigenvalue weighted by atomic mass is 32.2. The van der Waals surface area contributed by atoms with Gasteiger partial charge in [0.1, 0.15) is 0 Å². The molecule has 6 heteroatoms. The van der Waals surface area contributed by atoms with Crippen LogP contribution in [-0.4, -0.2) is 28.0 Å². The van der Waals surface area contributed by atoms with Crippen LogP contribution in [0.15, 0.2) is 34.6 Å². The zero-order chi connectivity index (χ0) is 10.5. The molecule has 1 aliphatic rings. The van der Waals surface area contributed by atoms with Crippen molar-refractivity contribution >= 4 is 29.1 Å². The van der Waals surface area contributed by atoms with Gasteiger partial charge in [-0.05, 0) is 12.1 Å². The molecule has 2 heterocycles. The Labute approximate surface area is 90.7 Å². The van der Waals surface area contributed by atoms with E-state index < -0.39 is 0 Å². The molecule has 0 bridgehead atoms. The molecule has 0 saturated carbocycles. The molecule has 1 aromatic heterocycles. The number of hydrogen-bond donors (Lipinski definition) is 1. The molecule has 1 N–H and O–H groups in total. The quantitative estimate of drug-likeness (QED) is 0.587. The minimum absolute atomic E-state index is 0.0354. The van der Waals surface area contributed by atoms with Gasteiger partial charge in [0.15, 0.2) is 5.17 Å². The van der Waals surface area contributed by atoms with Crippen molar-refractivity contribution in [1.29, 1.82) is 0 Å². The number of rotatable bonds is 2. The molecule has 76 valence electrons. The zero-order valence-corrected chi connectivity index (χ0v) is 8.57. The summed E-state index contributed by atoms with van der Waals surface area (Å²) in [4.78, 5) is 14.9. The van der Waals surface area contributed by atoms with E-state index in [0.29, 0.717) is 10.9 Å². The molecule has 15 heavy (non-hydrogen) atoms. The largest absolute Gasteiger partial charge is 0.303 e. The third-order valence-electron chi connectivity index (χ3n) is 1.61. The van der Waals surface area contributed by atoms with E-state index in [9.17, 15) is 4.79 Å². The molecular formula is C9H8N4OS. The molecule has 1 saturated heterocycles. The first kappa shape index (κ1) is 9.85. The standard InChI is InChI=1S/C9H8N4OS/c14-8-6-15-9(12-8)13-11-5-7-3-1-2-4-10-7/h1-5H,6H2,(H,12,13,14). The maximum absolute atomic E-state index is 10.8. The second-order valence-corrected chi connectivity index (χ2v) is 3.71. The number of pyridine rings is 1. The number of aromatic nitrogens is 1. The van der Waals surface area contributed by atoms with E-state index in [1.54, 1.807) is 6.20 Å². The number of nitrogens with zero attached hydrogens (tertiary/aromatic N) is 3. The summed E-state index contributed by atoms with van der Waals surface area (Å²) in [6.45, 7) is 0. The average Bonchev–Trinajstić information content (AvgIpc) is 2.66. The van der Waals surface area contributed by atoms with Gasteiger partial charge >= 0.3 is 0 Å². The second-order valence-electron chi connectivity index (χ2n) is 2.74. The predicted octanol–water partition coefficient (Wildman–Crippen LogP) is 0.635. The number of carbonyl (C=O) groups excluding carboxylic acids is 1. The fourth-order valence-electron chi connectivity index (χ4n) is 0.972. The van der Waals surface area contributed by atoms with Gasteiger partial charge in [0, 0.05) is 6.20 Å². The molecule has 1 aliphatic heterocycles. The summed E-state index contributed by atoms with van der Waals surface area (Å²) in [5.41, 5.74) is 0.733. The molecule has 0 spiro atoms. The van der Waals surface area contributed by atoms with Crippen molar-refractivity contribution in [3.63, 3.8) is 0 Å². The highest BCUT2D eigenvalue weighted by molar-refractivity contribution is 8.15. The normalized spacial score (nSPS) is 18.7. The lowest BCUT2D eigenvalue weighted by atomic mass is 10.4. The first-order valence-electron chi connectivity index (χ1n) is 4.29. The summed E-state index contributed by atoms with van der Waals surface area (Å²) >= 11 is 1.34. The van der Waals surface area contributed by atoms with E-state index >= 15 is 0 Å². The second kappa shape index (κ2) is 4.70. The molecule has 0 unspecified atom stereocenters. The lowest BCUT2D eigenvalue weighted by Crippen LogP contribution is -2.19. The molecule has 0 aliphatic carbocycles. The van der Waals surface area contributed by atoms with Crippen molar-refractivity contribution in [3.8, 4) is 0 Å². The smallest absolute Gasteiger partial charge is 0.236 e. The van der Waals surface area contributed by atoms with E-state index in [2.05, 4.69) is 20.5 Å². The van der Waals surface area contributed by atoms with Crippen LogP contribution >= 0.6 is 11.8 Å². The average molecular weight is 220 g/mol. The predicted molar refractivity (Wildman–Crippen MR) is 59.9 cm³/mol. The summed E-state index contributed by atoms with van der Waals surface area (Å²) in [5, 5.41) is 10.8. The summed E-state index contributed by atoms with van der Waals surface area (Å²) in [5.74, 6) is 0.379. The molecular weight excluding hydrogens is 212 g/mol. The molecule has 0 aromatic carbocycles. The lowest BCUT2D eigenvalue weighted by Gasteiger charge is -1.90. The van der Waals surface area contributed by atoms with Crippen molar-refractivity contribution in [2.75, 3.05) is 5.75 Å². The van der Waals surface area contributed by atoms with Crippen LogP contribution in [0, 0.1) is 0 Å². The Morgan fingerprint density at radius 1 is 1.53 bits per heavy atom. The summed E-state index contributed by atoms with van der Waals surface area (Å²) in [6.07, 6.45) is 3.22. The SMILES string of the molecule is O=C1CS/C(=N/N=Cc2ccccn2)N1. The number of thioether (sulfide) groups is 1. The van der Waals surface area contributed by atoms with E-state index in [1.807, 2.05) is 18.2 Å². The van der Waals surface area contributed by atoms with Crippen molar-refractivity contribution < 1.29 is 4.79 Å². The lowest BCUT2D eigenvalue weighted by molar-refractivity contribution is -0.116. The first-order chi connectivity index (χ1) is 7.34. The van der Waals surface area contributed by atoms with Crippen molar-refractivity contribution in [1.82, 2.24) is 10.3 Å². The fourth-order valence-corrected chi connectivity index (χ4v) is 1.60. The molecule has 5 nitrogen and oxygen atoms in total. The van der Waals surface area contributed by atoms with E-state index in [-0.39, 0.29) is 5.91 Å². The minimum atomic E-state index is -0.0354. The highest BCUT2D eigenvalue weighted by Gasteiger charge is 2.15. The third-order valence-corrected chi connectivity index (χ3v) is 2.48. The topological polar surface area (TPSA) is 66.7 Å². The Morgan fingerprint density at radius 3 is 3.13 bits per heavy atom. The van der Waals surface area contributed by atoms with Crippen LogP contribution in [0.3, 0.4) is 0 Å². The summed E-state index contributed by atoms with van der Waals surface area (Å²) < 4.78 is 0. The maximum Gasteiger partial charge on any atom is 0.236 e. The summed E-state index contributed by atoms with van der Waals surface area (Å²) in [7, 11) is 0. The van der Waals surface area contributed by atoms with Gasteiger partial charge in [-0.3, -0.25) is 9.78 Å². The van der Waals surface area contributed by atoms with Crippen LogP contribution in [0.1, 0.15) is 5.69 Å². The van der Waals surface area contributed by atoms with Crippen LogP contribution in [0.4, 0.5) is 0 Å². The van der Waals surface area contributed by atoms with Gasteiger partial charge in [0.05, 0.1) is 17.7 Å². The maximum atomic E-state index is 10.8. The van der Waals surface area contributed by atoms with E-state index in [1.165, 1.54) is 18.0 Å². The van der Waals surface area contributed by atoms with Gasteiger partial charge in [-0.2, -0.15) is 5.10 Å². The van der Waals surface area contributed by atoms with Crippen LogP contribution in [0.25, 0.3) is 0 Å². The van der Waals surface area contributed by atoms with Crippen molar-refractivity contribution in [2.45, 2.75) is 0 Å². The Balaban J connectivity index is 1.98. The van der Waals surface area contributed by atoms with Gasteiger partial charge < -0.3 is 5.32 Å². The number of nitrogens with one attached hydrogen (secondary N) is 1. The number of amidine groups is 1. The molecule has 0 atom stereocenters. The van der Waals surface area contributed by atoms with Crippen molar-refractivity contribution in [3.05, 3.63) is 30.1 Å². The first-order valence-corrected chi connectivity index (χ1v) is 5.28. The Hall–Kier alpha value is -1.69. The number of amides is 1. The monoisotopic (exact) mass is 220 g/mol. The van der Waals surface area contributed by atoms with Crippen molar-refractivity contribution in [2.24, 2.45) is 10.2 Å². The molecule has 1 aromatic rings. The van der Waals surface area contributed by atoms with Gasteiger partial charge in [-0.15, -0.1) is 5.10 Å². The summed E-state index contributed by atoms with van der Waals surface area (Å²) in [6, 6.07) is 5.52. The molecule has 1 fully saturated rings. The fraction of sp³-hybridized carbons (Fsp3) is 0.111. The highest BCUT2D eigenvalue weighted by Crippen LogP contribution is 2.08. The number of hydrogen-bond acceptors (Lipinski definition) is 5. The molecule has 0 radical (unpaired) electrons. The zero-order valence-electron chi connectivity index (χ0n) is 7.75. The van der Waals surface area contributed by atoms with Crippen LogP contribution in [0.5, 0.6) is 0 Å². The van der Waals surface area contributed by atoms with Gasteiger partial charge in [0.25, 0.3) is 0 Å². The third kappa shape index (κ3) is 2.88. The number of carbonyl (C=O) groups is 1. The molecule has 2 rings (SSSR count). The van der Waals surface area contributed by atoms with Crippen LogP contribution in [-0.2, 0) is 4.79 Å². The Bertz CT molecular complexity index is 415. The Morgan fingerprint density at radius 2 is 2.47 bits per heavy atom. The van der Waals surface area contributed by atoms with Gasteiger partial charge in [0.2, 0.25) is 5.91 Å². The van der Waals surface area contributed by atoms with Gasteiger partial charge in [-0.1, -0.05) is 17.8 Å². The van der Waals surface area contributed by atoms with E-state index in [4.69, 9.17) is 0 Å². The van der Waals surface area contributed by atoms with Crippen LogP contribution < -0.4 is 5.32 Å². The molecule has 1 amide bonds. The Kier molecular flexibility index (Phi) is 3.08. The van der Waals surface area contributed by atoms with E-state index in [0.717, 1.165) is 5.69 Å². The van der Waals surface area contributed by atoms with Crippen LogP contribution in [0.2, 0.25) is 0 Å². The minimum Gasteiger partial charge on any atom is -0.303 e. The van der Waals surface area contributed by atoms with Gasteiger partial charge in [-0.25, -0.2) is 0 Å².